The molecule has 2 aromatic heterocycles. The SMILES string of the molecule is Cc1ccnc(NCc2cc(-c3ccccc3)on2)c1. The van der Waals surface area contributed by atoms with E-state index in [4.69, 9.17) is 4.52 Å². The molecule has 0 aliphatic heterocycles. The van der Waals surface area contributed by atoms with E-state index in [2.05, 4.69) is 15.5 Å². The molecule has 0 radical (unpaired) electrons. The highest BCUT2D eigenvalue weighted by Crippen LogP contribution is 2.20. The van der Waals surface area contributed by atoms with E-state index in [1.165, 1.54) is 5.56 Å². The molecule has 0 unspecified atom stereocenters. The number of anilines is 1. The molecule has 2 heterocycles. The smallest absolute Gasteiger partial charge is 0.167 e. The second-order valence-electron chi connectivity index (χ2n) is 4.62. The van der Waals surface area contributed by atoms with Crippen LogP contribution < -0.4 is 5.32 Å². The van der Waals surface area contributed by atoms with Crippen LogP contribution in [0.1, 0.15) is 11.3 Å². The van der Waals surface area contributed by atoms with Gasteiger partial charge in [0.2, 0.25) is 0 Å². The Kier molecular flexibility index (Phi) is 3.46. The van der Waals surface area contributed by atoms with Crippen molar-refractivity contribution in [3.63, 3.8) is 0 Å². The van der Waals surface area contributed by atoms with Crippen LogP contribution in [0.2, 0.25) is 0 Å². The summed E-state index contributed by atoms with van der Waals surface area (Å²) < 4.78 is 5.35. The normalized spacial score (nSPS) is 10.4. The van der Waals surface area contributed by atoms with Crippen molar-refractivity contribution in [3.05, 3.63) is 66.0 Å². The lowest BCUT2D eigenvalue weighted by molar-refractivity contribution is 0.424. The lowest BCUT2D eigenvalue weighted by Gasteiger charge is -2.02. The summed E-state index contributed by atoms with van der Waals surface area (Å²) in [7, 11) is 0. The van der Waals surface area contributed by atoms with Gasteiger partial charge in [-0.05, 0) is 24.6 Å². The quantitative estimate of drug-likeness (QED) is 0.782. The fourth-order valence-electron chi connectivity index (χ4n) is 1.95. The zero-order chi connectivity index (χ0) is 13.8. The van der Waals surface area contributed by atoms with Crippen LogP contribution in [0.3, 0.4) is 0 Å². The number of nitrogens with zero attached hydrogens (tertiary/aromatic N) is 2. The van der Waals surface area contributed by atoms with Gasteiger partial charge in [0.05, 0.1) is 6.54 Å². The maximum atomic E-state index is 5.35. The van der Waals surface area contributed by atoms with Gasteiger partial charge in [-0.25, -0.2) is 4.98 Å². The van der Waals surface area contributed by atoms with Crippen LogP contribution in [0.25, 0.3) is 11.3 Å². The molecular formula is C16H15N3O. The zero-order valence-electron chi connectivity index (χ0n) is 11.2. The molecule has 20 heavy (non-hydrogen) atoms. The van der Waals surface area contributed by atoms with Crippen LogP contribution in [0.5, 0.6) is 0 Å². The molecule has 3 rings (SSSR count). The van der Waals surface area contributed by atoms with Crippen LogP contribution in [-0.2, 0) is 6.54 Å². The van der Waals surface area contributed by atoms with E-state index >= 15 is 0 Å². The van der Waals surface area contributed by atoms with E-state index in [9.17, 15) is 0 Å². The monoisotopic (exact) mass is 265 g/mol. The van der Waals surface area contributed by atoms with Crippen LogP contribution in [-0.4, -0.2) is 10.1 Å². The molecule has 4 heteroatoms. The molecule has 0 aliphatic carbocycles. The second-order valence-corrected chi connectivity index (χ2v) is 4.62. The minimum Gasteiger partial charge on any atom is -0.364 e. The maximum absolute atomic E-state index is 5.35. The number of rotatable bonds is 4. The van der Waals surface area contributed by atoms with Crippen molar-refractivity contribution in [2.24, 2.45) is 0 Å². The Bertz CT molecular complexity index is 692. The van der Waals surface area contributed by atoms with Crippen molar-refractivity contribution in [2.45, 2.75) is 13.5 Å². The van der Waals surface area contributed by atoms with E-state index in [0.717, 1.165) is 22.8 Å². The number of hydrogen-bond acceptors (Lipinski definition) is 4. The van der Waals surface area contributed by atoms with Crippen molar-refractivity contribution in [3.8, 4) is 11.3 Å². The molecule has 1 aromatic carbocycles. The lowest BCUT2D eigenvalue weighted by atomic mass is 10.2. The minimum atomic E-state index is 0.590. The molecule has 0 saturated carbocycles. The Hall–Kier alpha value is -2.62. The van der Waals surface area contributed by atoms with Gasteiger partial charge in [-0.2, -0.15) is 0 Å². The molecule has 0 saturated heterocycles. The van der Waals surface area contributed by atoms with Gasteiger partial charge in [0, 0.05) is 17.8 Å². The molecule has 0 amide bonds. The standard InChI is InChI=1S/C16H15N3O/c1-12-7-8-17-16(9-12)18-11-14-10-15(20-19-14)13-5-3-2-4-6-13/h2-10H,11H2,1H3,(H,17,18). The Morgan fingerprint density at radius 1 is 1.10 bits per heavy atom. The van der Waals surface area contributed by atoms with E-state index < -0.39 is 0 Å². The van der Waals surface area contributed by atoms with E-state index in [0.29, 0.717) is 6.54 Å². The van der Waals surface area contributed by atoms with E-state index in [1.807, 2.05) is 55.5 Å². The summed E-state index contributed by atoms with van der Waals surface area (Å²) in [5.41, 5.74) is 3.06. The van der Waals surface area contributed by atoms with Gasteiger partial charge in [-0.15, -0.1) is 0 Å². The van der Waals surface area contributed by atoms with Crippen LogP contribution in [0.15, 0.2) is 59.3 Å². The van der Waals surface area contributed by atoms with Crippen LogP contribution in [0.4, 0.5) is 5.82 Å². The van der Waals surface area contributed by atoms with Gasteiger partial charge in [-0.1, -0.05) is 35.5 Å². The molecule has 3 aromatic rings. The van der Waals surface area contributed by atoms with Crippen molar-refractivity contribution in [1.29, 1.82) is 0 Å². The largest absolute Gasteiger partial charge is 0.364 e. The minimum absolute atomic E-state index is 0.590. The highest BCUT2D eigenvalue weighted by molar-refractivity contribution is 5.57. The molecule has 1 N–H and O–H groups in total. The lowest BCUT2D eigenvalue weighted by Crippen LogP contribution is -2.01. The fraction of sp³-hybridized carbons (Fsp3) is 0.125. The number of benzene rings is 1. The highest BCUT2D eigenvalue weighted by Gasteiger charge is 2.06. The van der Waals surface area contributed by atoms with Crippen LogP contribution in [0, 0.1) is 6.92 Å². The summed E-state index contributed by atoms with van der Waals surface area (Å²) in [5, 5.41) is 7.30. The summed E-state index contributed by atoms with van der Waals surface area (Å²) in [6, 6.07) is 15.8. The molecule has 0 spiro atoms. The Balaban J connectivity index is 1.69. The van der Waals surface area contributed by atoms with Crippen molar-refractivity contribution < 1.29 is 4.52 Å². The molecular weight excluding hydrogens is 250 g/mol. The van der Waals surface area contributed by atoms with Crippen molar-refractivity contribution >= 4 is 5.82 Å². The third-order valence-electron chi connectivity index (χ3n) is 2.98. The first-order valence-corrected chi connectivity index (χ1v) is 6.49. The first-order chi connectivity index (χ1) is 9.81. The molecule has 100 valence electrons. The van der Waals surface area contributed by atoms with Gasteiger partial charge in [0.1, 0.15) is 11.5 Å². The number of nitrogens with one attached hydrogen (secondary N) is 1. The number of hydrogen-bond donors (Lipinski definition) is 1. The summed E-state index contributed by atoms with van der Waals surface area (Å²) in [6.45, 7) is 2.63. The van der Waals surface area contributed by atoms with Gasteiger partial charge < -0.3 is 9.84 Å². The van der Waals surface area contributed by atoms with Gasteiger partial charge >= 0.3 is 0 Å². The fourth-order valence-corrected chi connectivity index (χ4v) is 1.95. The number of pyridine rings is 1. The Labute approximate surface area is 117 Å². The average molecular weight is 265 g/mol. The topological polar surface area (TPSA) is 51.0 Å². The molecule has 0 bridgehead atoms. The van der Waals surface area contributed by atoms with Gasteiger partial charge in [-0.3, -0.25) is 0 Å². The van der Waals surface area contributed by atoms with Crippen molar-refractivity contribution in [2.75, 3.05) is 5.32 Å². The molecule has 0 aliphatic rings. The van der Waals surface area contributed by atoms with Crippen molar-refractivity contribution in [1.82, 2.24) is 10.1 Å². The van der Waals surface area contributed by atoms with E-state index in [-0.39, 0.29) is 0 Å². The summed E-state index contributed by atoms with van der Waals surface area (Å²) in [6.07, 6.45) is 1.79. The zero-order valence-corrected chi connectivity index (χ0v) is 11.2. The van der Waals surface area contributed by atoms with E-state index in [1.54, 1.807) is 6.20 Å². The average Bonchev–Trinajstić information content (AvgIpc) is 2.95. The van der Waals surface area contributed by atoms with Crippen LogP contribution >= 0.6 is 0 Å². The predicted molar refractivity (Wildman–Crippen MR) is 78.2 cm³/mol. The Morgan fingerprint density at radius 2 is 1.95 bits per heavy atom. The second kappa shape index (κ2) is 5.57. The highest BCUT2D eigenvalue weighted by atomic mass is 16.5. The summed E-state index contributed by atoms with van der Waals surface area (Å²) in [4.78, 5) is 4.25. The first-order valence-electron chi connectivity index (χ1n) is 6.49. The predicted octanol–water partition coefficient (Wildman–Crippen LogP) is 3.66. The first kappa shape index (κ1) is 12.4. The Morgan fingerprint density at radius 3 is 2.75 bits per heavy atom. The third-order valence-corrected chi connectivity index (χ3v) is 2.98. The third kappa shape index (κ3) is 2.85. The van der Waals surface area contributed by atoms with Gasteiger partial charge in [0.25, 0.3) is 0 Å². The molecule has 4 nitrogen and oxygen atoms in total. The summed E-state index contributed by atoms with van der Waals surface area (Å²) in [5.74, 6) is 1.62. The number of aromatic nitrogens is 2. The summed E-state index contributed by atoms with van der Waals surface area (Å²) >= 11 is 0. The number of aryl methyl sites for hydroxylation is 1. The molecule has 0 atom stereocenters. The molecule has 0 fully saturated rings. The maximum Gasteiger partial charge on any atom is 0.167 e. The van der Waals surface area contributed by atoms with Gasteiger partial charge in [0.15, 0.2) is 5.76 Å².